The van der Waals surface area contributed by atoms with Gasteiger partial charge in [0.05, 0.1) is 0 Å². The number of amides is 2. The van der Waals surface area contributed by atoms with Gasteiger partial charge in [0.15, 0.2) is 18.2 Å². The zero-order valence-electron chi connectivity index (χ0n) is 17.0. The Labute approximate surface area is 177 Å². The standard InChI is InChI=1S/C23H22F2N2O4/c1-26-23(29)22(13-6-8-17(24)18(25)10-13)27-21(28)12-30-14-7-9-20-16(11-14)15-4-2-3-5-19(15)31-20/h6-11,22H,2-5,12H2,1H3,(H,26,29)(H,27,28). The van der Waals surface area contributed by atoms with Crippen molar-refractivity contribution in [2.24, 2.45) is 0 Å². The number of nitrogens with one attached hydrogen (secondary N) is 2. The highest BCUT2D eigenvalue weighted by atomic mass is 19.2. The van der Waals surface area contributed by atoms with Crippen molar-refractivity contribution in [3.63, 3.8) is 0 Å². The number of aryl methyl sites for hydroxylation is 2. The Balaban J connectivity index is 1.45. The molecule has 1 aliphatic carbocycles. The molecule has 0 aliphatic heterocycles. The largest absolute Gasteiger partial charge is 0.484 e. The summed E-state index contributed by atoms with van der Waals surface area (Å²) in [6.45, 7) is -0.345. The normalized spacial score (nSPS) is 14.0. The molecule has 162 valence electrons. The number of benzene rings is 2. The molecule has 0 saturated heterocycles. The second-order valence-corrected chi connectivity index (χ2v) is 7.45. The van der Waals surface area contributed by atoms with Crippen LogP contribution in [0.2, 0.25) is 0 Å². The first-order valence-corrected chi connectivity index (χ1v) is 10.1. The SMILES string of the molecule is CNC(=O)C(NC(=O)COc1ccc2oc3c(c2c1)CCCC3)c1ccc(F)c(F)c1. The number of carbonyl (C=O) groups is 2. The minimum absolute atomic E-state index is 0.123. The highest BCUT2D eigenvalue weighted by molar-refractivity contribution is 5.89. The van der Waals surface area contributed by atoms with Crippen LogP contribution in [0.25, 0.3) is 11.0 Å². The van der Waals surface area contributed by atoms with Gasteiger partial charge in [-0.1, -0.05) is 6.07 Å². The molecule has 0 fully saturated rings. The Kier molecular flexibility index (Phi) is 5.88. The van der Waals surface area contributed by atoms with Crippen LogP contribution >= 0.6 is 0 Å². The van der Waals surface area contributed by atoms with Gasteiger partial charge in [0.1, 0.15) is 23.1 Å². The predicted molar refractivity (Wildman–Crippen MR) is 110 cm³/mol. The van der Waals surface area contributed by atoms with Gasteiger partial charge in [-0.15, -0.1) is 0 Å². The van der Waals surface area contributed by atoms with Crippen LogP contribution in [-0.2, 0) is 22.4 Å². The molecule has 0 saturated carbocycles. The number of hydrogen-bond donors (Lipinski definition) is 2. The number of hydrogen-bond acceptors (Lipinski definition) is 4. The summed E-state index contributed by atoms with van der Waals surface area (Å²) in [5.41, 5.74) is 2.11. The fourth-order valence-corrected chi connectivity index (χ4v) is 3.82. The molecule has 6 nitrogen and oxygen atoms in total. The molecule has 1 aromatic heterocycles. The minimum atomic E-state index is -1.18. The molecule has 1 unspecified atom stereocenters. The van der Waals surface area contributed by atoms with Gasteiger partial charge in [-0.25, -0.2) is 8.78 Å². The number of ether oxygens (including phenoxy) is 1. The Morgan fingerprint density at radius 1 is 1.10 bits per heavy atom. The Morgan fingerprint density at radius 2 is 1.90 bits per heavy atom. The van der Waals surface area contributed by atoms with Gasteiger partial charge in [0.2, 0.25) is 5.91 Å². The number of carbonyl (C=O) groups excluding carboxylic acids is 2. The summed E-state index contributed by atoms with van der Waals surface area (Å²) in [4.78, 5) is 24.6. The number of halogens is 2. The first-order chi connectivity index (χ1) is 15.0. The molecule has 31 heavy (non-hydrogen) atoms. The van der Waals surface area contributed by atoms with Gasteiger partial charge in [-0.05, 0) is 55.2 Å². The molecular weight excluding hydrogens is 406 g/mol. The van der Waals surface area contributed by atoms with Crippen molar-refractivity contribution in [1.29, 1.82) is 0 Å². The quantitative estimate of drug-likeness (QED) is 0.629. The Bertz CT molecular complexity index is 1140. The molecule has 8 heteroatoms. The van der Waals surface area contributed by atoms with Crippen LogP contribution in [-0.4, -0.2) is 25.5 Å². The third kappa shape index (κ3) is 4.38. The lowest BCUT2D eigenvalue weighted by Crippen LogP contribution is -2.41. The van der Waals surface area contributed by atoms with Crippen LogP contribution in [0.1, 0.15) is 35.8 Å². The maximum absolute atomic E-state index is 13.6. The number of rotatable bonds is 6. The maximum Gasteiger partial charge on any atom is 0.258 e. The number of furan rings is 1. The summed E-state index contributed by atoms with van der Waals surface area (Å²) in [6, 6.07) is 7.24. The molecule has 1 atom stereocenters. The summed E-state index contributed by atoms with van der Waals surface area (Å²) < 4.78 is 38.3. The summed E-state index contributed by atoms with van der Waals surface area (Å²) in [5.74, 6) is -1.77. The lowest BCUT2D eigenvalue weighted by atomic mass is 9.96. The van der Waals surface area contributed by atoms with Crippen molar-refractivity contribution < 1.29 is 27.5 Å². The van der Waals surface area contributed by atoms with E-state index in [1.165, 1.54) is 18.7 Å². The van der Waals surface area contributed by atoms with Crippen molar-refractivity contribution >= 4 is 22.8 Å². The zero-order valence-corrected chi connectivity index (χ0v) is 17.0. The first-order valence-electron chi connectivity index (χ1n) is 10.1. The number of fused-ring (bicyclic) bond motifs is 3. The average Bonchev–Trinajstić information content (AvgIpc) is 3.15. The van der Waals surface area contributed by atoms with Crippen LogP contribution in [0, 0.1) is 11.6 Å². The highest BCUT2D eigenvalue weighted by Crippen LogP contribution is 2.33. The van der Waals surface area contributed by atoms with Crippen molar-refractivity contribution in [3.05, 3.63) is 64.9 Å². The van der Waals surface area contributed by atoms with Crippen molar-refractivity contribution in [2.45, 2.75) is 31.7 Å². The van der Waals surface area contributed by atoms with Gasteiger partial charge in [0, 0.05) is 24.4 Å². The molecule has 2 aromatic carbocycles. The van der Waals surface area contributed by atoms with Crippen molar-refractivity contribution in [1.82, 2.24) is 10.6 Å². The van der Waals surface area contributed by atoms with Gasteiger partial charge in [-0.3, -0.25) is 9.59 Å². The van der Waals surface area contributed by atoms with E-state index in [9.17, 15) is 18.4 Å². The fourth-order valence-electron chi connectivity index (χ4n) is 3.82. The molecule has 1 aliphatic rings. The van der Waals surface area contributed by atoms with E-state index >= 15 is 0 Å². The van der Waals surface area contributed by atoms with Crippen LogP contribution in [0.15, 0.2) is 40.8 Å². The van der Waals surface area contributed by atoms with Gasteiger partial charge >= 0.3 is 0 Å². The second kappa shape index (κ2) is 8.75. The van der Waals surface area contributed by atoms with Crippen LogP contribution in [0.3, 0.4) is 0 Å². The van der Waals surface area contributed by atoms with Gasteiger partial charge in [0.25, 0.3) is 5.91 Å². The third-order valence-electron chi connectivity index (χ3n) is 5.39. The lowest BCUT2D eigenvalue weighted by Gasteiger charge is -2.18. The average molecular weight is 428 g/mol. The van der Waals surface area contributed by atoms with E-state index < -0.39 is 29.5 Å². The van der Waals surface area contributed by atoms with E-state index in [1.54, 1.807) is 6.07 Å². The van der Waals surface area contributed by atoms with E-state index in [-0.39, 0.29) is 12.2 Å². The molecule has 3 aromatic rings. The van der Waals surface area contributed by atoms with E-state index in [0.29, 0.717) is 5.75 Å². The fraction of sp³-hybridized carbons (Fsp3) is 0.304. The minimum Gasteiger partial charge on any atom is -0.484 e. The molecule has 1 heterocycles. The molecule has 2 N–H and O–H groups in total. The highest BCUT2D eigenvalue weighted by Gasteiger charge is 2.23. The molecular formula is C23H22F2N2O4. The molecule has 0 bridgehead atoms. The van der Waals surface area contributed by atoms with Gasteiger partial charge in [-0.2, -0.15) is 0 Å². The summed E-state index contributed by atoms with van der Waals surface area (Å²) in [5, 5.41) is 5.89. The molecule has 2 amide bonds. The summed E-state index contributed by atoms with van der Waals surface area (Å²) in [7, 11) is 1.39. The summed E-state index contributed by atoms with van der Waals surface area (Å²) >= 11 is 0. The molecule has 4 rings (SSSR count). The van der Waals surface area contributed by atoms with Crippen LogP contribution in [0.4, 0.5) is 8.78 Å². The topological polar surface area (TPSA) is 80.6 Å². The first kappa shape index (κ1) is 20.8. The lowest BCUT2D eigenvalue weighted by molar-refractivity contribution is -0.129. The zero-order chi connectivity index (χ0) is 22.0. The third-order valence-corrected chi connectivity index (χ3v) is 5.39. The van der Waals surface area contributed by atoms with E-state index in [4.69, 9.17) is 9.15 Å². The summed E-state index contributed by atoms with van der Waals surface area (Å²) in [6.07, 6.45) is 4.10. The second-order valence-electron chi connectivity index (χ2n) is 7.45. The van der Waals surface area contributed by atoms with E-state index in [2.05, 4.69) is 10.6 Å². The van der Waals surface area contributed by atoms with Crippen molar-refractivity contribution in [3.8, 4) is 5.75 Å². The van der Waals surface area contributed by atoms with Crippen molar-refractivity contribution in [2.75, 3.05) is 13.7 Å². The van der Waals surface area contributed by atoms with E-state index in [0.717, 1.165) is 54.5 Å². The van der Waals surface area contributed by atoms with Crippen LogP contribution in [0.5, 0.6) is 5.75 Å². The maximum atomic E-state index is 13.6. The van der Waals surface area contributed by atoms with Gasteiger partial charge < -0.3 is 19.8 Å². The van der Waals surface area contributed by atoms with Crippen LogP contribution < -0.4 is 15.4 Å². The predicted octanol–water partition coefficient (Wildman–Crippen LogP) is 3.57. The number of likely N-dealkylation sites (N-methyl/N-ethyl adjacent to an activating group) is 1. The monoisotopic (exact) mass is 428 g/mol. The van der Waals surface area contributed by atoms with E-state index in [1.807, 2.05) is 12.1 Å². The molecule has 0 spiro atoms. The Hall–Kier alpha value is -3.42. The smallest absolute Gasteiger partial charge is 0.258 e. The Morgan fingerprint density at radius 3 is 2.68 bits per heavy atom. The molecule has 0 radical (unpaired) electrons.